The molecule has 6 aromatic carbocycles. The van der Waals surface area contributed by atoms with Crippen molar-refractivity contribution in [2.24, 2.45) is 0 Å². The highest BCUT2D eigenvalue weighted by Gasteiger charge is 2.41. The normalized spacial score (nSPS) is 13.3. The van der Waals surface area contributed by atoms with Crippen molar-refractivity contribution in [1.82, 2.24) is 0 Å². The summed E-state index contributed by atoms with van der Waals surface area (Å²) >= 11 is 0. The van der Waals surface area contributed by atoms with Crippen LogP contribution < -0.4 is 32.8 Å². The largest absolute Gasteiger partial charge is 0.243 e. The van der Waals surface area contributed by atoms with Crippen LogP contribution in [0.15, 0.2) is 158 Å². The van der Waals surface area contributed by atoms with Crippen LogP contribution in [0.25, 0.3) is 38.6 Å². The number of hydrogen-bond acceptors (Lipinski definition) is 0. The van der Waals surface area contributed by atoms with Crippen LogP contribution in [0.4, 0.5) is 0 Å². The Morgan fingerprint density at radius 3 is 2.14 bits per heavy atom. The summed E-state index contributed by atoms with van der Waals surface area (Å²) in [5.74, 6) is 0. The summed E-state index contributed by atoms with van der Waals surface area (Å²) in [6.07, 6.45) is 8.16. The predicted octanol–water partition coefficient (Wildman–Crippen LogP) is 5.98. The van der Waals surface area contributed by atoms with E-state index in [4.69, 9.17) is 0 Å². The number of hydrogen-bond donors (Lipinski definition) is 0. The SMILES string of the molecule is C=C/C=C\C(=C/C)c1cccc2cc(B3c4ccccc4-c4c3ccc3c4B(c4ccccc4)c4ccccc4-3)ccc12. The maximum absolute atomic E-state index is 3.86. The molecule has 6 aromatic rings. The van der Waals surface area contributed by atoms with Gasteiger partial charge in [-0.1, -0.05) is 191 Å². The maximum atomic E-state index is 3.86. The van der Waals surface area contributed by atoms with Crippen molar-refractivity contribution in [1.29, 1.82) is 0 Å². The van der Waals surface area contributed by atoms with Crippen LogP contribution in [0.5, 0.6) is 0 Å². The van der Waals surface area contributed by atoms with Gasteiger partial charge in [-0.25, -0.2) is 0 Å². The van der Waals surface area contributed by atoms with Crippen LogP contribution in [-0.2, 0) is 0 Å². The van der Waals surface area contributed by atoms with E-state index in [2.05, 4.69) is 153 Å². The van der Waals surface area contributed by atoms with Gasteiger partial charge in [-0.05, 0) is 51.1 Å². The average molecular weight is 544 g/mol. The Hall–Kier alpha value is -5.07. The van der Waals surface area contributed by atoms with E-state index in [-0.39, 0.29) is 13.4 Å². The van der Waals surface area contributed by atoms with E-state index in [1.165, 1.54) is 76.9 Å². The first-order valence-corrected chi connectivity index (χ1v) is 15.2. The highest BCUT2D eigenvalue weighted by Crippen LogP contribution is 2.32. The molecule has 0 unspecified atom stereocenters. The summed E-state index contributed by atoms with van der Waals surface area (Å²) in [7, 11) is 0. The molecule has 0 radical (unpaired) electrons. The lowest BCUT2D eigenvalue weighted by molar-refractivity contribution is 1.65. The second kappa shape index (κ2) is 10.3. The third-order valence-corrected chi connectivity index (χ3v) is 9.39. The quantitative estimate of drug-likeness (QED) is 0.185. The number of benzene rings is 6. The molecule has 2 aliphatic rings. The van der Waals surface area contributed by atoms with E-state index in [1.54, 1.807) is 0 Å². The summed E-state index contributed by atoms with van der Waals surface area (Å²) in [6.45, 7) is 6.36. The van der Waals surface area contributed by atoms with Crippen molar-refractivity contribution in [3.05, 3.63) is 164 Å². The highest BCUT2D eigenvalue weighted by molar-refractivity contribution is 7.03. The molecule has 2 aliphatic heterocycles. The van der Waals surface area contributed by atoms with Crippen molar-refractivity contribution < 1.29 is 0 Å². The highest BCUT2D eigenvalue weighted by atomic mass is 14.3. The lowest BCUT2D eigenvalue weighted by atomic mass is 9.36. The van der Waals surface area contributed by atoms with E-state index < -0.39 is 0 Å². The smallest absolute Gasteiger partial charge is 0.0991 e. The monoisotopic (exact) mass is 544 g/mol. The first kappa shape index (κ1) is 25.6. The van der Waals surface area contributed by atoms with E-state index in [0.717, 1.165) is 0 Å². The van der Waals surface area contributed by atoms with E-state index in [1.807, 2.05) is 12.2 Å². The number of fused-ring (bicyclic) bond motifs is 8. The van der Waals surface area contributed by atoms with Crippen molar-refractivity contribution in [2.45, 2.75) is 6.92 Å². The van der Waals surface area contributed by atoms with Crippen molar-refractivity contribution in [3.8, 4) is 22.3 Å². The Morgan fingerprint density at radius 1 is 0.605 bits per heavy atom. The molecule has 0 saturated carbocycles. The number of allylic oxidation sites excluding steroid dienone is 5. The van der Waals surface area contributed by atoms with Gasteiger partial charge in [0.2, 0.25) is 13.4 Å². The lowest BCUT2D eigenvalue weighted by Crippen LogP contribution is -2.52. The molecule has 0 N–H and O–H groups in total. The molecule has 0 aliphatic carbocycles. The van der Waals surface area contributed by atoms with Crippen molar-refractivity contribution in [3.63, 3.8) is 0 Å². The van der Waals surface area contributed by atoms with Gasteiger partial charge in [0.25, 0.3) is 0 Å². The topological polar surface area (TPSA) is 0 Å². The molecule has 8 rings (SSSR count). The maximum Gasteiger partial charge on any atom is 0.243 e. The van der Waals surface area contributed by atoms with Gasteiger partial charge in [0, 0.05) is 0 Å². The number of rotatable bonds is 5. The van der Waals surface area contributed by atoms with Crippen LogP contribution >= 0.6 is 0 Å². The fraction of sp³-hybridized carbons (Fsp3) is 0.0244. The Morgan fingerprint density at radius 2 is 1.35 bits per heavy atom. The molecule has 0 fully saturated rings. The average Bonchev–Trinajstić information content (AvgIpc) is 3.58. The third kappa shape index (κ3) is 3.94. The standard InChI is InChI=1S/C41H30B2/c1-3-5-14-28(4-2)32-20-13-15-29-27-31(23-24-33(29)32)42-38-22-12-10-19-36(38)40-39(42)26-25-35-34-18-9-11-21-37(34)43(41(35)40)30-16-7-6-8-17-30/h3-27H,1H2,2H3/b14-5-,28-4+. The summed E-state index contributed by atoms with van der Waals surface area (Å²) in [6, 6.07) is 47.6. The van der Waals surface area contributed by atoms with Crippen molar-refractivity contribution in [2.75, 3.05) is 0 Å². The molecule has 0 saturated heterocycles. The van der Waals surface area contributed by atoms with Gasteiger partial charge in [-0.3, -0.25) is 0 Å². The van der Waals surface area contributed by atoms with Gasteiger partial charge >= 0.3 is 0 Å². The van der Waals surface area contributed by atoms with Crippen molar-refractivity contribution >= 4 is 62.5 Å². The van der Waals surface area contributed by atoms with Gasteiger partial charge in [0.05, 0.1) is 0 Å². The first-order chi connectivity index (χ1) is 21.3. The minimum atomic E-state index is 0.187. The van der Waals surface area contributed by atoms with Gasteiger partial charge in [-0.2, -0.15) is 0 Å². The van der Waals surface area contributed by atoms with Gasteiger partial charge in [0.15, 0.2) is 0 Å². The zero-order valence-corrected chi connectivity index (χ0v) is 24.3. The fourth-order valence-corrected chi connectivity index (χ4v) is 7.60. The van der Waals surface area contributed by atoms with Crippen LogP contribution in [0, 0.1) is 0 Å². The Labute approximate surface area is 254 Å². The summed E-state index contributed by atoms with van der Waals surface area (Å²) in [5.41, 5.74) is 16.3. The predicted molar refractivity (Wildman–Crippen MR) is 190 cm³/mol. The first-order valence-electron chi connectivity index (χ1n) is 15.2. The van der Waals surface area contributed by atoms with E-state index in [9.17, 15) is 0 Å². The van der Waals surface area contributed by atoms with E-state index in [0.29, 0.717) is 0 Å². The lowest BCUT2D eigenvalue weighted by Gasteiger charge is -2.17. The zero-order chi connectivity index (χ0) is 28.9. The molecule has 2 heteroatoms. The molecule has 2 heterocycles. The minimum absolute atomic E-state index is 0.187. The molecular formula is C41H30B2. The van der Waals surface area contributed by atoms with Gasteiger partial charge in [0.1, 0.15) is 0 Å². The van der Waals surface area contributed by atoms with Crippen LogP contribution in [0.3, 0.4) is 0 Å². The molecule has 200 valence electrons. The molecule has 0 atom stereocenters. The fourth-order valence-electron chi connectivity index (χ4n) is 7.60. The Bertz CT molecular complexity index is 2120. The van der Waals surface area contributed by atoms with Crippen LogP contribution in [-0.4, -0.2) is 13.4 Å². The zero-order valence-electron chi connectivity index (χ0n) is 24.3. The van der Waals surface area contributed by atoms with E-state index >= 15 is 0 Å². The Kier molecular flexibility index (Phi) is 6.16. The Balaban J connectivity index is 1.34. The van der Waals surface area contributed by atoms with Gasteiger partial charge in [-0.15, -0.1) is 0 Å². The molecular weight excluding hydrogens is 514 g/mol. The molecule has 0 amide bonds. The molecule has 0 spiro atoms. The molecule has 0 aromatic heterocycles. The second-order valence-electron chi connectivity index (χ2n) is 11.6. The van der Waals surface area contributed by atoms with Crippen LogP contribution in [0.2, 0.25) is 0 Å². The minimum Gasteiger partial charge on any atom is -0.0991 e. The molecule has 43 heavy (non-hydrogen) atoms. The second-order valence-corrected chi connectivity index (χ2v) is 11.6. The summed E-state index contributed by atoms with van der Waals surface area (Å²) in [5, 5.41) is 2.54. The third-order valence-electron chi connectivity index (χ3n) is 9.39. The molecule has 0 bridgehead atoms. The summed E-state index contributed by atoms with van der Waals surface area (Å²) in [4.78, 5) is 0. The summed E-state index contributed by atoms with van der Waals surface area (Å²) < 4.78 is 0. The van der Waals surface area contributed by atoms with Crippen LogP contribution in [0.1, 0.15) is 12.5 Å². The molecule has 0 nitrogen and oxygen atoms in total. The van der Waals surface area contributed by atoms with Gasteiger partial charge < -0.3 is 0 Å².